The average molecular weight is 356 g/mol. The second-order valence-electron chi connectivity index (χ2n) is 6.05. The van der Waals surface area contributed by atoms with E-state index in [4.69, 9.17) is 14.2 Å². The van der Waals surface area contributed by atoms with Gasteiger partial charge in [0.05, 0.1) is 13.3 Å². The number of carbonyl (C=O) groups excluding carboxylic acids is 1. The van der Waals surface area contributed by atoms with Crippen LogP contribution in [0.2, 0.25) is 0 Å². The fourth-order valence-corrected chi connectivity index (χ4v) is 3.17. The Hall–Kier alpha value is -3.03. The first kappa shape index (κ1) is 16.4. The maximum atomic E-state index is 12.9. The molecule has 3 heterocycles. The van der Waals surface area contributed by atoms with Gasteiger partial charge in [-0.25, -0.2) is 4.98 Å². The van der Waals surface area contributed by atoms with Crippen LogP contribution in [0.3, 0.4) is 0 Å². The Morgan fingerprint density at radius 3 is 2.65 bits per heavy atom. The molecule has 1 aromatic carbocycles. The molecule has 1 aromatic heterocycles. The molecule has 0 spiro atoms. The number of fused-ring (bicyclic) bond motifs is 1. The molecule has 0 aliphatic carbocycles. The van der Waals surface area contributed by atoms with Crippen LogP contribution in [0.1, 0.15) is 10.4 Å². The molecule has 1 fully saturated rings. The fraction of sp³-hybridized carbons (Fsp3) is 0.389. The highest BCUT2D eigenvalue weighted by Crippen LogP contribution is 2.40. The van der Waals surface area contributed by atoms with Crippen LogP contribution in [0.15, 0.2) is 30.7 Å². The second kappa shape index (κ2) is 7.07. The van der Waals surface area contributed by atoms with E-state index in [0.29, 0.717) is 62.2 Å². The summed E-state index contributed by atoms with van der Waals surface area (Å²) in [6.07, 6.45) is 5.07. The Morgan fingerprint density at radius 1 is 1.12 bits per heavy atom. The van der Waals surface area contributed by atoms with Gasteiger partial charge >= 0.3 is 0 Å². The molecule has 8 heteroatoms. The van der Waals surface area contributed by atoms with E-state index in [2.05, 4.69) is 14.9 Å². The molecule has 2 aliphatic heterocycles. The van der Waals surface area contributed by atoms with Gasteiger partial charge in [-0.05, 0) is 12.1 Å². The van der Waals surface area contributed by atoms with E-state index in [9.17, 15) is 4.79 Å². The topological polar surface area (TPSA) is 77.0 Å². The van der Waals surface area contributed by atoms with Gasteiger partial charge in [0.25, 0.3) is 5.91 Å². The SMILES string of the molecule is COc1cc(C(=O)N2CCN(c3cnccn3)CC2)cc2c1OCCO2. The van der Waals surface area contributed by atoms with E-state index >= 15 is 0 Å². The molecule has 0 unspecified atom stereocenters. The van der Waals surface area contributed by atoms with Gasteiger partial charge in [0.15, 0.2) is 11.5 Å². The van der Waals surface area contributed by atoms with Crippen LogP contribution in [0.5, 0.6) is 17.2 Å². The highest BCUT2D eigenvalue weighted by molar-refractivity contribution is 5.95. The molecule has 2 aliphatic rings. The molecule has 0 bridgehead atoms. The van der Waals surface area contributed by atoms with Crippen molar-refractivity contribution in [2.75, 3.05) is 51.4 Å². The smallest absolute Gasteiger partial charge is 0.254 e. The molecule has 0 atom stereocenters. The minimum atomic E-state index is -0.0425. The summed E-state index contributed by atoms with van der Waals surface area (Å²) in [5, 5.41) is 0. The van der Waals surface area contributed by atoms with E-state index in [0.717, 1.165) is 5.82 Å². The Kier molecular flexibility index (Phi) is 4.47. The summed E-state index contributed by atoms with van der Waals surface area (Å²) >= 11 is 0. The molecule has 26 heavy (non-hydrogen) atoms. The highest BCUT2D eigenvalue weighted by atomic mass is 16.6. The predicted octanol–water partition coefficient (Wildman–Crippen LogP) is 1.22. The van der Waals surface area contributed by atoms with E-state index in [-0.39, 0.29) is 5.91 Å². The number of benzene rings is 1. The van der Waals surface area contributed by atoms with Crippen molar-refractivity contribution in [2.24, 2.45) is 0 Å². The lowest BCUT2D eigenvalue weighted by molar-refractivity contribution is 0.0744. The van der Waals surface area contributed by atoms with E-state index in [1.165, 1.54) is 0 Å². The summed E-state index contributed by atoms with van der Waals surface area (Å²) < 4.78 is 16.6. The third-order valence-corrected chi connectivity index (χ3v) is 4.52. The van der Waals surface area contributed by atoms with Crippen LogP contribution in [-0.4, -0.2) is 67.3 Å². The number of carbonyl (C=O) groups is 1. The van der Waals surface area contributed by atoms with Crippen LogP contribution in [-0.2, 0) is 0 Å². The molecule has 1 saturated heterocycles. The molecule has 1 amide bonds. The molecule has 0 N–H and O–H groups in total. The zero-order valence-electron chi connectivity index (χ0n) is 14.6. The molecular formula is C18H20N4O4. The maximum Gasteiger partial charge on any atom is 0.254 e. The summed E-state index contributed by atoms with van der Waals surface area (Å²) in [6, 6.07) is 3.44. The number of hydrogen-bond donors (Lipinski definition) is 0. The number of piperazine rings is 1. The summed E-state index contributed by atoms with van der Waals surface area (Å²) in [5.41, 5.74) is 0.541. The van der Waals surface area contributed by atoms with Crippen LogP contribution >= 0.6 is 0 Å². The van der Waals surface area contributed by atoms with Crippen LogP contribution in [0.4, 0.5) is 5.82 Å². The van der Waals surface area contributed by atoms with Gasteiger partial charge in [-0.2, -0.15) is 0 Å². The number of hydrogen-bond acceptors (Lipinski definition) is 7. The van der Waals surface area contributed by atoms with Gasteiger partial charge in [-0.3, -0.25) is 9.78 Å². The number of rotatable bonds is 3. The van der Waals surface area contributed by atoms with Gasteiger partial charge in [0, 0.05) is 44.1 Å². The van der Waals surface area contributed by atoms with Crippen molar-refractivity contribution in [3.63, 3.8) is 0 Å². The third-order valence-electron chi connectivity index (χ3n) is 4.52. The van der Waals surface area contributed by atoms with Crippen LogP contribution < -0.4 is 19.1 Å². The van der Waals surface area contributed by atoms with Crippen molar-refractivity contribution in [1.29, 1.82) is 0 Å². The molecule has 0 saturated carbocycles. The van der Waals surface area contributed by atoms with Crippen molar-refractivity contribution in [3.8, 4) is 17.2 Å². The van der Waals surface area contributed by atoms with Crippen LogP contribution in [0.25, 0.3) is 0 Å². The number of amides is 1. The lowest BCUT2D eigenvalue weighted by atomic mass is 10.1. The summed E-state index contributed by atoms with van der Waals surface area (Å²) in [4.78, 5) is 25.3. The number of anilines is 1. The highest BCUT2D eigenvalue weighted by Gasteiger charge is 2.26. The lowest BCUT2D eigenvalue weighted by Crippen LogP contribution is -2.49. The molecular weight excluding hydrogens is 336 g/mol. The normalized spacial score (nSPS) is 16.3. The van der Waals surface area contributed by atoms with Crippen molar-refractivity contribution < 1.29 is 19.0 Å². The monoisotopic (exact) mass is 356 g/mol. The first-order valence-corrected chi connectivity index (χ1v) is 8.54. The Labute approximate surface area is 151 Å². The summed E-state index contributed by atoms with van der Waals surface area (Å²) in [7, 11) is 1.56. The second-order valence-corrected chi connectivity index (χ2v) is 6.05. The number of nitrogens with zero attached hydrogens (tertiary/aromatic N) is 4. The summed E-state index contributed by atoms with van der Waals surface area (Å²) in [6.45, 7) is 3.60. The largest absolute Gasteiger partial charge is 0.493 e. The van der Waals surface area contributed by atoms with Gasteiger partial charge in [-0.15, -0.1) is 0 Å². The molecule has 0 radical (unpaired) electrons. The molecule has 4 rings (SSSR count). The Morgan fingerprint density at radius 2 is 1.92 bits per heavy atom. The van der Waals surface area contributed by atoms with Gasteiger partial charge in [0.1, 0.15) is 19.0 Å². The predicted molar refractivity (Wildman–Crippen MR) is 94.1 cm³/mol. The number of ether oxygens (including phenoxy) is 3. The quantitative estimate of drug-likeness (QED) is 0.818. The summed E-state index contributed by atoms with van der Waals surface area (Å²) in [5.74, 6) is 2.42. The minimum absolute atomic E-state index is 0.0425. The third kappa shape index (κ3) is 3.10. The number of methoxy groups -OCH3 is 1. The maximum absolute atomic E-state index is 12.9. The van der Waals surface area contributed by atoms with Crippen molar-refractivity contribution in [2.45, 2.75) is 0 Å². The zero-order chi connectivity index (χ0) is 17.9. The fourth-order valence-electron chi connectivity index (χ4n) is 3.17. The number of aromatic nitrogens is 2. The first-order chi connectivity index (χ1) is 12.8. The molecule has 2 aromatic rings. The molecule has 136 valence electrons. The van der Waals surface area contributed by atoms with Crippen molar-refractivity contribution in [3.05, 3.63) is 36.3 Å². The lowest BCUT2D eigenvalue weighted by Gasteiger charge is -2.35. The Balaban J connectivity index is 1.49. The minimum Gasteiger partial charge on any atom is -0.493 e. The standard InChI is InChI=1S/C18H20N4O4/c1-24-14-10-13(11-15-17(14)26-9-8-25-15)18(23)22-6-4-21(5-7-22)16-12-19-2-3-20-16/h2-3,10-12H,4-9H2,1H3. The van der Waals surface area contributed by atoms with Gasteiger partial charge < -0.3 is 24.0 Å². The van der Waals surface area contributed by atoms with E-state index < -0.39 is 0 Å². The van der Waals surface area contributed by atoms with Crippen LogP contribution in [0, 0.1) is 0 Å². The van der Waals surface area contributed by atoms with E-state index in [1.54, 1.807) is 37.8 Å². The van der Waals surface area contributed by atoms with Crippen molar-refractivity contribution >= 4 is 11.7 Å². The van der Waals surface area contributed by atoms with E-state index in [1.807, 2.05) is 4.90 Å². The van der Waals surface area contributed by atoms with Gasteiger partial charge in [0.2, 0.25) is 5.75 Å². The van der Waals surface area contributed by atoms with Gasteiger partial charge in [-0.1, -0.05) is 0 Å². The first-order valence-electron chi connectivity index (χ1n) is 8.54. The van der Waals surface area contributed by atoms with Crippen molar-refractivity contribution in [1.82, 2.24) is 14.9 Å². The zero-order valence-corrected chi connectivity index (χ0v) is 14.6. The average Bonchev–Trinajstić information content (AvgIpc) is 2.73. The molecule has 8 nitrogen and oxygen atoms in total. The Bertz CT molecular complexity index is 774.